The summed E-state index contributed by atoms with van der Waals surface area (Å²) >= 11 is 0. The maximum Gasteiger partial charge on any atom is 0.405 e. The first-order chi connectivity index (χ1) is 13.6. The number of hydrogen-bond donors (Lipinski definition) is 1. The van der Waals surface area contributed by atoms with Crippen molar-refractivity contribution in [1.82, 2.24) is 0 Å². The van der Waals surface area contributed by atoms with Crippen molar-refractivity contribution < 1.29 is 52.5 Å². The minimum Gasteiger partial charge on any atom is -0.393 e. The van der Waals surface area contributed by atoms with Crippen LogP contribution in [0.25, 0.3) is 0 Å². The van der Waals surface area contributed by atoms with Crippen LogP contribution in [-0.2, 0) is 23.4 Å². The summed E-state index contributed by atoms with van der Waals surface area (Å²) in [5.41, 5.74) is 0. The zero-order valence-electron chi connectivity index (χ0n) is 17.8. The van der Waals surface area contributed by atoms with Crippen LogP contribution in [-0.4, -0.2) is 58.0 Å². The predicted molar refractivity (Wildman–Crippen MR) is 107 cm³/mol. The zero-order valence-corrected chi connectivity index (χ0v) is 20.2. The van der Waals surface area contributed by atoms with E-state index in [9.17, 15) is 43.2 Å². The Labute approximate surface area is 184 Å². The van der Waals surface area contributed by atoms with Gasteiger partial charge in [-0.1, -0.05) is 39.5 Å². The number of aliphatic hydroxyl groups is 1. The topological polar surface area (TPSA) is 97.7 Å². The maximum atomic E-state index is 11.8. The highest BCUT2D eigenvalue weighted by Gasteiger charge is 2.36. The second-order valence-corrected chi connectivity index (χ2v) is 11.0. The lowest BCUT2D eigenvalue weighted by atomic mass is 10.2. The second-order valence-electron chi connectivity index (χ2n) is 6.66. The summed E-state index contributed by atoms with van der Waals surface area (Å²) in [7, 11) is -4.66. The molecule has 0 amide bonds. The smallest absolute Gasteiger partial charge is 0.393 e. The Bertz CT molecular complexity index is 648. The molecule has 0 aromatic carbocycles. The Hall–Kier alpha value is -0.310. The van der Waals surface area contributed by atoms with E-state index in [0.29, 0.717) is 6.42 Å². The van der Waals surface area contributed by atoms with Crippen LogP contribution in [0.3, 0.4) is 0 Å². The van der Waals surface area contributed by atoms with E-state index in [4.69, 9.17) is 5.11 Å². The molecule has 0 aliphatic heterocycles. The average molecular weight is 533 g/mol. The third-order valence-corrected chi connectivity index (χ3v) is 5.23. The molecule has 2 atom stereocenters. The van der Waals surface area contributed by atoms with Crippen molar-refractivity contribution in [2.45, 2.75) is 90.8 Å². The van der Waals surface area contributed by atoms with Gasteiger partial charge in [0.25, 0.3) is 10.1 Å². The minimum atomic E-state index is -4.75. The molecule has 0 heterocycles. The number of unbranched alkanes of at least 4 members (excludes halogenated alkanes) is 2. The number of alkyl halides is 6. The van der Waals surface area contributed by atoms with Gasteiger partial charge in [-0.2, -0.15) is 34.8 Å². The van der Waals surface area contributed by atoms with E-state index in [1.54, 1.807) is 0 Å². The van der Waals surface area contributed by atoms with Gasteiger partial charge in [0.2, 0.25) is 9.05 Å². The van der Waals surface area contributed by atoms with Crippen LogP contribution < -0.4 is 0 Å². The summed E-state index contributed by atoms with van der Waals surface area (Å²) in [4.78, 5) is 0. The lowest BCUT2D eigenvalue weighted by Gasteiger charge is -2.13. The normalized spacial score (nSPS) is 14.6. The van der Waals surface area contributed by atoms with E-state index < -0.39 is 49.1 Å². The molecule has 0 aromatic heterocycles. The largest absolute Gasteiger partial charge is 0.405 e. The molecule has 15 heteroatoms. The molecular formula is C16H31ClF6O6S2. The van der Waals surface area contributed by atoms with Crippen LogP contribution in [0, 0.1) is 0 Å². The van der Waals surface area contributed by atoms with Gasteiger partial charge < -0.3 is 5.11 Å². The fourth-order valence-electron chi connectivity index (χ4n) is 1.72. The Morgan fingerprint density at radius 3 is 1.45 bits per heavy atom. The Kier molecular flexibility index (Phi) is 18.6. The highest BCUT2D eigenvalue weighted by Crippen LogP contribution is 2.20. The maximum absolute atomic E-state index is 11.8. The summed E-state index contributed by atoms with van der Waals surface area (Å²) in [5, 5.41) is 8.68. The van der Waals surface area contributed by atoms with Gasteiger partial charge in [0.15, 0.2) is 11.5 Å². The first-order valence-corrected chi connectivity index (χ1v) is 13.3. The number of halogens is 7. The molecule has 0 aliphatic rings. The van der Waals surface area contributed by atoms with Crippen LogP contribution in [0.15, 0.2) is 0 Å². The highest BCUT2D eigenvalue weighted by atomic mass is 35.7. The van der Waals surface area contributed by atoms with Gasteiger partial charge >= 0.3 is 12.4 Å². The van der Waals surface area contributed by atoms with Gasteiger partial charge in [0, 0.05) is 10.7 Å². The summed E-state index contributed by atoms with van der Waals surface area (Å²) < 4.78 is 114. The molecule has 192 valence electrons. The molecule has 2 unspecified atom stereocenters. The molecule has 0 saturated heterocycles. The van der Waals surface area contributed by atoms with Gasteiger partial charge in [0.05, 0.1) is 12.2 Å². The van der Waals surface area contributed by atoms with E-state index in [-0.39, 0.29) is 6.10 Å². The van der Waals surface area contributed by atoms with Gasteiger partial charge in [-0.25, -0.2) is 8.42 Å². The van der Waals surface area contributed by atoms with Crippen molar-refractivity contribution in [1.29, 1.82) is 0 Å². The van der Waals surface area contributed by atoms with E-state index in [0.717, 1.165) is 25.7 Å². The second kappa shape index (κ2) is 16.3. The fraction of sp³-hybridized carbons (Fsp3) is 1.00. The standard InChI is InChI=1S/C8H15F3O3S.C6H14O.C2H2ClF3O2S/c1-3-4-5-7(2)14-15(12,13)6-8(9,10)11;1-3-4-5-6(2)7;3-9(7,8)1-2(4,5)6/h7H,3-6H2,1-2H3;6-7H,3-5H2,1-2H3;1H2. The van der Waals surface area contributed by atoms with Gasteiger partial charge in [-0.3, -0.25) is 4.18 Å². The fourth-order valence-corrected chi connectivity index (χ4v) is 3.55. The van der Waals surface area contributed by atoms with Crippen LogP contribution in [0.4, 0.5) is 26.3 Å². The molecule has 1 N–H and O–H groups in total. The van der Waals surface area contributed by atoms with Crippen molar-refractivity contribution in [2.75, 3.05) is 11.5 Å². The van der Waals surface area contributed by atoms with E-state index in [2.05, 4.69) is 21.8 Å². The van der Waals surface area contributed by atoms with Crippen molar-refractivity contribution in [3.8, 4) is 0 Å². The summed E-state index contributed by atoms with van der Waals surface area (Å²) in [6.07, 6.45) is -4.98. The minimum absolute atomic E-state index is 0.0973. The lowest BCUT2D eigenvalue weighted by molar-refractivity contribution is -0.108. The Morgan fingerprint density at radius 2 is 1.23 bits per heavy atom. The molecule has 31 heavy (non-hydrogen) atoms. The first-order valence-electron chi connectivity index (χ1n) is 9.29. The first kappa shape index (κ1) is 35.3. The molecule has 0 spiro atoms. The molecular weight excluding hydrogens is 502 g/mol. The van der Waals surface area contributed by atoms with Gasteiger partial charge in [-0.05, 0) is 26.7 Å². The lowest BCUT2D eigenvalue weighted by Crippen LogP contribution is -2.27. The summed E-state index contributed by atoms with van der Waals surface area (Å²) in [6, 6.07) is 0. The monoisotopic (exact) mass is 532 g/mol. The molecule has 0 fully saturated rings. The van der Waals surface area contributed by atoms with Gasteiger partial charge in [-0.15, -0.1) is 0 Å². The van der Waals surface area contributed by atoms with Crippen LogP contribution in [0.1, 0.15) is 66.2 Å². The van der Waals surface area contributed by atoms with Crippen LogP contribution in [0.2, 0.25) is 0 Å². The number of aliphatic hydroxyl groups excluding tert-OH is 1. The third kappa shape index (κ3) is 37.3. The summed E-state index contributed by atoms with van der Waals surface area (Å²) in [5.74, 6) is -3.89. The summed E-state index contributed by atoms with van der Waals surface area (Å²) in [6.45, 7) is 7.30. The van der Waals surface area contributed by atoms with Gasteiger partial charge in [0.1, 0.15) is 0 Å². The van der Waals surface area contributed by atoms with Crippen molar-refractivity contribution in [3.63, 3.8) is 0 Å². The average Bonchev–Trinajstić information content (AvgIpc) is 2.45. The molecule has 6 nitrogen and oxygen atoms in total. The van der Waals surface area contributed by atoms with Crippen molar-refractivity contribution >= 4 is 29.9 Å². The Morgan fingerprint density at radius 1 is 0.839 bits per heavy atom. The molecule has 0 radical (unpaired) electrons. The van der Waals surface area contributed by atoms with Crippen molar-refractivity contribution in [3.05, 3.63) is 0 Å². The van der Waals surface area contributed by atoms with E-state index in [1.807, 2.05) is 13.8 Å². The molecule has 0 saturated carbocycles. The van der Waals surface area contributed by atoms with E-state index in [1.165, 1.54) is 13.3 Å². The quantitative estimate of drug-likeness (QED) is 0.237. The predicted octanol–water partition coefficient (Wildman–Crippen LogP) is 5.15. The molecule has 0 rings (SSSR count). The van der Waals surface area contributed by atoms with Crippen LogP contribution >= 0.6 is 10.7 Å². The molecule has 0 aliphatic carbocycles. The number of rotatable bonds is 10. The van der Waals surface area contributed by atoms with E-state index >= 15 is 0 Å². The zero-order chi connectivity index (χ0) is 25.5. The van der Waals surface area contributed by atoms with Crippen LogP contribution in [0.5, 0.6) is 0 Å². The number of hydrogen-bond acceptors (Lipinski definition) is 6. The SMILES string of the molecule is CCCCC(C)O.CCCCC(C)OS(=O)(=O)CC(F)(F)F.O=S(=O)(Cl)CC(F)(F)F. The Balaban J connectivity index is -0.000000417. The molecule has 0 bridgehead atoms. The highest BCUT2D eigenvalue weighted by molar-refractivity contribution is 8.13. The van der Waals surface area contributed by atoms with Crippen molar-refractivity contribution in [2.24, 2.45) is 0 Å². The third-order valence-electron chi connectivity index (χ3n) is 2.93. The molecule has 0 aromatic rings.